The number of hydrogen-bond donors (Lipinski definition) is 1. The predicted octanol–water partition coefficient (Wildman–Crippen LogP) is 3.41. The van der Waals surface area contributed by atoms with E-state index in [4.69, 9.17) is 4.74 Å². The third kappa shape index (κ3) is 3.37. The van der Waals surface area contributed by atoms with Crippen molar-refractivity contribution in [3.8, 4) is 11.5 Å². The van der Waals surface area contributed by atoms with Gasteiger partial charge in [-0.25, -0.2) is 0 Å². The van der Waals surface area contributed by atoms with Gasteiger partial charge < -0.3 is 9.84 Å². The van der Waals surface area contributed by atoms with Crippen LogP contribution < -0.4 is 10.0 Å². The minimum absolute atomic E-state index is 0.0302. The Morgan fingerprint density at radius 2 is 1.82 bits per heavy atom. The molecule has 0 aliphatic carbocycles. The normalized spacial score (nSPS) is 10.9. The van der Waals surface area contributed by atoms with E-state index in [1.165, 1.54) is 13.2 Å². The highest BCUT2D eigenvalue weighted by molar-refractivity contribution is 7.27. The van der Waals surface area contributed by atoms with Gasteiger partial charge in [-0.2, -0.15) is 0 Å². The first-order valence-corrected chi connectivity index (χ1v) is 7.47. The lowest BCUT2D eigenvalue weighted by Gasteiger charge is -2.13. The number of benzene rings is 2. The summed E-state index contributed by atoms with van der Waals surface area (Å²) in [6.45, 7) is 3.61. The summed E-state index contributed by atoms with van der Waals surface area (Å²) in [5, 5.41) is 11.3. The van der Waals surface area contributed by atoms with Crippen LogP contribution in [0.3, 0.4) is 0 Å². The maximum atomic E-state index is 12.5. The molecule has 0 aromatic heterocycles. The van der Waals surface area contributed by atoms with Crippen LogP contribution in [0.5, 0.6) is 11.5 Å². The van der Waals surface area contributed by atoms with Crippen molar-refractivity contribution in [1.29, 1.82) is 0 Å². The van der Waals surface area contributed by atoms with Gasteiger partial charge in [-0.05, 0) is 48.0 Å². The number of hydrogen-bond acceptors (Lipinski definition) is 3. The highest BCUT2D eigenvalue weighted by atomic mass is 31.0. The standard InChI is InChI=1S/C18H19O3P/c1-11-10-12(2)18(21-3)16(17(11)20)15(19)9-6-13-4-7-14(22)8-5-13/h4-10,20H,22H2,1-3H3/b9-6+. The number of aryl methyl sites for hydroxylation is 2. The summed E-state index contributed by atoms with van der Waals surface area (Å²) in [5.74, 6) is 0.103. The fourth-order valence-corrected chi connectivity index (χ4v) is 2.51. The molecule has 0 radical (unpaired) electrons. The van der Waals surface area contributed by atoms with Gasteiger partial charge in [0.2, 0.25) is 0 Å². The van der Waals surface area contributed by atoms with Crippen LogP contribution in [0.4, 0.5) is 0 Å². The maximum absolute atomic E-state index is 12.5. The first-order valence-electron chi connectivity index (χ1n) is 6.89. The molecule has 114 valence electrons. The molecule has 0 spiro atoms. The molecule has 0 amide bonds. The number of carbonyl (C=O) groups is 1. The van der Waals surface area contributed by atoms with Crippen LogP contribution in [0.15, 0.2) is 36.4 Å². The van der Waals surface area contributed by atoms with Crippen molar-refractivity contribution in [2.45, 2.75) is 13.8 Å². The maximum Gasteiger partial charge on any atom is 0.193 e. The molecule has 1 atom stereocenters. The van der Waals surface area contributed by atoms with Crippen molar-refractivity contribution in [2.75, 3.05) is 7.11 Å². The molecule has 0 bridgehead atoms. The Kier molecular flexibility index (Phi) is 4.99. The van der Waals surface area contributed by atoms with E-state index in [9.17, 15) is 9.90 Å². The molecule has 1 unspecified atom stereocenters. The zero-order chi connectivity index (χ0) is 16.3. The van der Waals surface area contributed by atoms with Gasteiger partial charge in [0.1, 0.15) is 17.1 Å². The average Bonchev–Trinajstić information content (AvgIpc) is 2.49. The molecule has 2 aromatic rings. The third-order valence-electron chi connectivity index (χ3n) is 3.44. The number of allylic oxidation sites excluding steroid dienone is 1. The number of methoxy groups -OCH3 is 1. The number of rotatable bonds is 4. The molecule has 3 nitrogen and oxygen atoms in total. The van der Waals surface area contributed by atoms with Gasteiger partial charge in [-0.3, -0.25) is 4.79 Å². The summed E-state index contributed by atoms with van der Waals surface area (Å²) in [7, 11) is 4.11. The minimum Gasteiger partial charge on any atom is -0.507 e. The molecule has 0 aliphatic heterocycles. The number of carbonyl (C=O) groups excluding carboxylic acids is 1. The lowest BCUT2D eigenvalue weighted by atomic mass is 10.00. The van der Waals surface area contributed by atoms with Crippen molar-refractivity contribution in [2.24, 2.45) is 0 Å². The van der Waals surface area contributed by atoms with Crippen LogP contribution in [0, 0.1) is 13.8 Å². The average molecular weight is 314 g/mol. The molecule has 2 aromatic carbocycles. The highest BCUT2D eigenvalue weighted by Gasteiger charge is 2.19. The zero-order valence-corrected chi connectivity index (χ0v) is 14.0. The molecular weight excluding hydrogens is 295 g/mol. The first kappa shape index (κ1) is 16.3. The molecule has 1 N–H and O–H groups in total. The third-order valence-corrected chi connectivity index (χ3v) is 3.83. The molecule has 0 heterocycles. The van der Waals surface area contributed by atoms with Crippen LogP contribution in [0.25, 0.3) is 6.08 Å². The van der Waals surface area contributed by atoms with E-state index >= 15 is 0 Å². The smallest absolute Gasteiger partial charge is 0.193 e. The van der Waals surface area contributed by atoms with Gasteiger partial charge >= 0.3 is 0 Å². The molecule has 0 saturated heterocycles. The molecule has 22 heavy (non-hydrogen) atoms. The molecular formula is C18H19O3P. The van der Waals surface area contributed by atoms with Crippen LogP contribution in [0.2, 0.25) is 0 Å². The second-order valence-corrected chi connectivity index (χ2v) is 5.80. The van der Waals surface area contributed by atoms with Gasteiger partial charge in [0.05, 0.1) is 7.11 Å². The monoisotopic (exact) mass is 314 g/mol. The largest absolute Gasteiger partial charge is 0.507 e. The van der Waals surface area contributed by atoms with E-state index in [-0.39, 0.29) is 17.1 Å². The minimum atomic E-state index is -0.281. The Balaban J connectivity index is 2.39. The number of ketones is 1. The fourth-order valence-electron chi connectivity index (χ4n) is 2.31. The van der Waals surface area contributed by atoms with Gasteiger partial charge in [0.25, 0.3) is 0 Å². The number of aromatic hydroxyl groups is 1. The van der Waals surface area contributed by atoms with E-state index in [2.05, 4.69) is 9.24 Å². The van der Waals surface area contributed by atoms with Crippen LogP contribution >= 0.6 is 9.24 Å². The molecule has 0 fully saturated rings. The van der Waals surface area contributed by atoms with Crippen molar-refractivity contribution in [1.82, 2.24) is 0 Å². The molecule has 0 saturated carbocycles. The number of phenols is 1. The van der Waals surface area contributed by atoms with Gasteiger partial charge in [0.15, 0.2) is 5.78 Å². The van der Waals surface area contributed by atoms with E-state index < -0.39 is 0 Å². The van der Waals surface area contributed by atoms with Gasteiger partial charge in [-0.1, -0.05) is 30.3 Å². The van der Waals surface area contributed by atoms with E-state index in [1.807, 2.05) is 31.2 Å². The Morgan fingerprint density at radius 1 is 1.18 bits per heavy atom. The summed E-state index contributed by atoms with van der Waals surface area (Å²) < 4.78 is 5.28. The Morgan fingerprint density at radius 3 is 2.41 bits per heavy atom. The van der Waals surface area contributed by atoms with Crippen molar-refractivity contribution in [3.63, 3.8) is 0 Å². The van der Waals surface area contributed by atoms with E-state index in [0.29, 0.717) is 11.3 Å². The lowest BCUT2D eigenvalue weighted by molar-refractivity contribution is 0.104. The summed E-state index contributed by atoms with van der Waals surface area (Å²) in [4.78, 5) is 12.5. The molecule has 2 rings (SSSR count). The van der Waals surface area contributed by atoms with E-state index in [1.54, 1.807) is 19.1 Å². The van der Waals surface area contributed by atoms with Crippen LogP contribution in [-0.4, -0.2) is 18.0 Å². The Bertz CT molecular complexity index is 731. The SMILES string of the molecule is COc1c(C)cc(C)c(O)c1C(=O)/C=C/c1ccc(P)cc1. The zero-order valence-electron chi connectivity index (χ0n) is 12.9. The quantitative estimate of drug-likeness (QED) is 0.534. The van der Waals surface area contributed by atoms with Crippen molar-refractivity contribution < 1.29 is 14.6 Å². The summed E-state index contributed by atoms with van der Waals surface area (Å²) >= 11 is 0. The van der Waals surface area contributed by atoms with Gasteiger partial charge in [-0.15, -0.1) is 9.24 Å². The lowest BCUT2D eigenvalue weighted by Crippen LogP contribution is -2.03. The molecule has 4 heteroatoms. The van der Waals surface area contributed by atoms with E-state index in [0.717, 1.165) is 16.4 Å². The first-order chi connectivity index (χ1) is 10.4. The topological polar surface area (TPSA) is 46.5 Å². The number of phenolic OH excluding ortho intramolecular Hbond substituents is 1. The summed E-state index contributed by atoms with van der Waals surface area (Å²) in [5.41, 5.74) is 2.60. The Labute approximate surface area is 132 Å². The van der Waals surface area contributed by atoms with Crippen LogP contribution in [0.1, 0.15) is 27.0 Å². The second kappa shape index (κ2) is 6.76. The highest BCUT2D eigenvalue weighted by Crippen LogP contribution is 2.34. The van der Waals surface area contributed by atoms with Gasteiger partial charge in [0, 0.05) is 0 Å². The summed E-state index contributed by atoms with van der Waals surface area (Å²) in [6, 6.07) is 9.54. The second-order valence-electron chi connectivity index (χ2n) is 5.13. The van der Waals surface area contributed by atoms with Crippen molar-refractivity contribution in [3.05, 3.63) is 58.7 Å². The Hall–Kier alpha value is -2.12. The van der Waals surface area contributed by atoms with Crippen molar-refractivity contribution >= 4 is 26.4 Å². The van der Waals surface area contributed by atoms with Crippen LogP contribution in [-0.2, 0) is 0 Å². The molecule has 0 aliphatic rings. The summed E-state index contributed by atoms with van der Waals surface area (Å²) in [6.07, 6.45) is 3.18. The number of ether oxygens (including phenoxy) is 1. The predicted molar refractivity (Wildman–Crippen MR) is 93.3 cm³/mol. The fraction of sp³-hybridized carbons (Fsp3) is 0.167.